The van der Waals surface area contributed by atoms with Gasteiger partial charge in [0.25, 0.3) is 0 Å². The van der Waals surface area contributed by atoms with Gasteiger partial charge < -0.3 is 9.66 Å². The molecule has 27 heavy (non-hydrogen) atoms. The molecule has 1 aromatic heterocycles. The van der Waals surface area contributed by atoms with Gasteiger partial charge in [0.15, 0.2) is 0 Å². The molecule has 0 radical (unpaired) electrons. The van der Waals surface area contributed by atoms with Crippen LogP contribution in [0.2, 0.25) is 0 Å². The van der Waals surface area contributed by atoms with Crippen LogP contribution in [0.4, 0.5) is 10.6 Å². The van der Waals surface area contributed by atoms with Gasteiger partial charge in [0.1, 0.15) is 17.5 Å². The predicted octanol–water partition coefficient (Wildman–Crippen LogP) is 0.942. The smallest absolute Gasteiger partial charge is 0.414 e. The van der Waals surface area contributed by atoms with Crippen molar-refractivity contribution in [2.24, 2.45) is 5.41 Å². The zero-order valence-corrected chi connectivity index (χ0v) is 15.7. The van der Waals surface area contributed by atoms with E-state index in [2.05, 4.69) is 9.97 Å². The number of imide groups is 1. The molecule has 1 N–H and O–H groups in total. The molecule has 2 aliphatic heterocycles. The minimum Gasteiger partial charge on any atom is -0.609 e. The highest BCUT2D eigenvalue weighted by Gasteiger charge is 2.59. The lowest BCUT2D eigenvalue weighted by Crippen LogP contribution is -2.56. The summed E-state index contributed by atoms with van der Waals surface area (Å²) in [6.07, 6.45) is 5.43. The third kappa shape index (κ3) is 2.69. The summed E-state index contributed by atoms with van der Waals surface area (Å²) < 4.78 is 11.8. The molecular formula is C17H20N4O5S. The van der Waals surface area contributed by atoms with E-state index in [1.165, 1.54) is 12.5 Å². The van der Waals surface area contributed by atoms with Gasteiger partial charge in [-0.25, -0.2) is 9.69 Å². The molecule has 3 amide bonds. The Morgan fingerprint density at radius 2 is 2.04 bits per heavy atom. The Balaban J connectivity index is 1.82. The number of likely N-dealkylation sites (tertiary alicyclic amines) is 1. The third-order valence-electron chi connectivity index (χ3n) is 5.76. The number of carbonyl (C=O) groups is 3. The molecule has 1 saturated carbocycles. The number of carbonyl (C=O) groups excluding carboxylic acids is 2. The molecule has 1 aliphatic carbocycles. The number of rotatable bonds is 2. The monoisotopic (exact) mass is 392 g/mol. The van der Waals surface area contributed by atoms with Crippen molar-refractivity contribution in [2.75, 3.05) is 17.7 Å². The molecule has 1 saturated heterocycles. The number of hydrogen-bond donors (Lipinski definition) is 1. The van der Waals surface area contributed by atoms with Crippen LogP contribution in [0, 0.1) is 5.41 Å². The first-order valence-corrected chi connectivity index (χ1v) is 10.5. The first-order valence-electron chi connectivity index (χ1n) is 8.93. The van der Waals surface area contributed by atoms with Gasteiger partial charge in [-0.3, -0.25) is 14.5 Å². The van der Waals surface area contributed by atoms with Gasteiger partial charge in [0.2, 0.25) is 11.8 Å². The Bertz CT molecular complexity index is 826. The lowest BCUT2D eigenvalue weighted by molar-refractivity contribution is -0.143. The Morgan fingerprint density at radius 1 is 1.33 bits per heavy atom. The van der Waals surface area contributed by atoms with E-state index in [1.807, 2.05) is 0 Å². The molecule has 144 valence electrons. The van der Waals surface area contributed by atoms with Crippen molar-refractivity contribution in [3.8, 4) is 0 Å². The molecule has 2 fully saturated rings. The highest BCUT2D eigenvalue weighted by atomic mass is 32.2. The molecule has 10 heteroatoms. The lowest BCUT2D eigenvalue weighted by Gasteiger charge is -2.40. The van der Waals surface area contributed by atoms with Gasteiger partial charge in [-0.05, 0) is 19.3 Å². The average Bonchev–Trinajstić information content (AvgIpc) is 3.25. The van der Waals surface area contributed by atoms with Gasteiger partial charge >= 0.3 is 11.2 Å². The maximum atomic E-state index is 13.5. The van der Waals surface area contributed by atoms with Gasteiger partial charge in [-0.2, -0.15) is 9.97 Å². The van der Waals surface area contributed by atoms with E-state index in [0.29, 0.717) is 11.4 Å². The molecule has 4 rings (SSSR count). The normalized spacial score (nSPS) is 26.7. The summed E-state index contributed by atoms with van der Waals surface area (Å²) in [7, 11) is 0. The summed E-state index contributed by atoms with van der Waals surface area (Å²) in [6.45, 7) is 0.00562. The molecule has 0 aromatic carbocycles. The van der Waals surface area contributed by atoms with Crippen molar-refractivity contribution < 1.29 is 24.0 Å². The molecular weight excluding hydrogens is 372 g/mol. The number of hydrogen-bond acceptors (Lipinski definition) is 6. The van der Waals surface area contributed by atoms with E-state index in [-0.39, 0.29) is 36.5 Å². The summed E-state index contributed by atoms with van der Waals surface area (Å²) in [5.74, 6) is -0.640. The molecule has 9 nitrogen and oxygen atoms in total. The minimum atomic E-state index is -1.41. The first kappa shape index (κ1) is 18.2. The van der Waals surface area contributed by atoms with Gasteiger partial charge in [-0.1, -0.05) is 12.8 Å². The van der Waals surface area contributed by atoms with Crippen molar-refractivity contribution in [3.05, 3.63) is 11.8 Å². The van der Waals surface area contributed by atoms with E-state index in [4.69, 9.17) is 0 Å². The molecule has 3 aliphatic rings. The topological polar surface area (TPSA) is 127 Å². The quantitative estimate of drug-likeness (QED) is 0.451. The maximum absolute atomic E-state index is 13.5. The molecule has 1 spiro atoms. The van der Waals surface area contributed by atoms with Crippen molar-refractivity contribution >= 4 is 34.9 Å². The first-order chi connectivity index (χ1) is 12.8. The van der Waals surface area contributed by atoms with E-state index in [0.717, 1.165) is 30.6 Å². The molecule has 2 atom stereocenters. The predicted molar refractivity (Wildman–Crippen MR) is 94.6 cm³/mol. The van der Waals surface area contributed by atoms with E-state index in [9.17, 15) is 24.0 Å². The largest absolute Gasteiger partial charge is 0.609 e. The Morgan fingerprint density at radius 3 is 2.63 bits per heavy atom. The SMILES string of the molecule is C[S+]([O-])c1ncc2c(n1)N(C1CCCC1)C(=O)[C@]1(CCN(C(=O)O)C1=O)C2. The van der Waals surface area contributed by atoms with Crippen molar-refractivity contribution in [3.63, 3.8) is 0 Å². The van der Waals surface area contributed by atoms with Gasteiger partial charge in [0.05, 0.1) is 0 Å². The van der Waals surface area contributed by atoms with Crippen molar-refractivity contribution in [2.45, 2.75) is 49.7 Å². The van der Waals surface area contributed by atoms with Crippen LogP contribution in [0.5, 0.6) is 0 Å². The summed E-state index contributed by atoms with van der Waals surface area (Å²) in [5.41, 5.74) is -0.791. The fourth-order valence-electron chi connectivity index (χ4n) is 4.40. The third-order valence-corrected chi connectivity index (χ3v) is 6.47. The fraction of sp³-hybridized carbons (Fsp3) is 0.588. The second-order valence-corrected chi connectivity index (χ2v) is 8.59. The van der Waals surface area contributed by atoms with Crippen LogP contribution in [-0.2, 0) is 27.2 Å². The van der Waals surface area contributed by atoms with Crippen molar-refractivity contribution in [1.82, 2.24) is 14.9 Å². The standard InChI is InChI=1S/C17H20N4O5S/c1-27(26)15-18-9-10-8-17(6-7-20(13(17)22)16(24)25)14(23)21(12(10)19-15)11-4-2-3-5-11/h9,11H,2-8H2,1H3,(H,24,25)/t17-,27?/m1/s1. The van der Waals surface area contributed by atoms with Crippen LogP contribution in [-0.4, -0.2) is 61.3 Å². The van der Waals surface area contributed by atoms with Gasteiger partial charge in [0, 0.05) is 41.9 Å². The summed E-state index contributed by atoms with van der Waals surface area (Å²) >= 11 is -1.40. The Hall–Kier alpha value is -2.20. The molecule has 0 bridgehead atoms. The van der Waals surface area contributed by atoms with Crippen LogP contribution in [0.25, 0.3) is 0 Å². The summed E-state index contributed by atoms with van der Waals surface area (Å²) in [5, 5.41) is 9.42. The van der Waals surface area contributed by atoms with E-state index < -0.39 is 28.6 Å². The van der Waals surface area contributed by atoms with Crippen LogP contribution < -0.4 is 4.90 Å². The second kappa shape index (κ2) is 6.45. The van der Waals surface area contributed by atoms with Crippen LogP contribution in [0.15, 0.2) is 11.4 Å². The minimum absolute atomic E-state index is 0.00562. The Labute approximate surface area is 158 Å². The second-order valence-electron chi connectivity index (χ2n) is 7.32. The number of aromatic nitrogens is 2. The van der Waals surface area contributed by atoms with Gasteiger partial charge in [-0.15, -0.1) is 0 Å². The maximum Gasteiger partial charge on any atom is 0.414 e. The number of fused-ring (bicyclic) bond motifs is 1. The highest BCUT2D eigenvalue weighted by Crippen LogP contribution is 2.46. The van der Waals surface area contributed by atoms with E-state index in [1.54, 1.807) is 4.90 Å². The average molecular weight is 392 g/mol. The highest BCUT2D eigenvalue weighted by molar-refractivity contribution is 7.90. The zero-order valence-electron chi connectivity index (χ0n) is 14.9. The number of amides is 3. The Kier molecular flexibility index (Phi) is 4.34. The number of carboxylic acid groups (broad SMARTS) is 1. The van der Waals surface area contributed by atoms with Crippen LogP contribution in [0.3, 0.4) is 0 Å². The summed E-state index contributed by atoms with van der Waals surface area (Å²) in [4.78, 5) is 48.6. The molecule has 1 aromatic rings. The lowest BCUT2D eigenvalue weighted by atomic mass is 9.76. The number of nitrogens with zero attached hydrogens (tertiary/aromatic N) is 4. The zero-order chi connectivity index (χ0) is 19.3. The van der Waals surface area contributed by atoms with Crippen LogP contribution in [0.1, 0.15) is 37.7 Å². The van der Waals surface area contributed by atoms with E-state index >= 15 is 0 Å². The summed E-state index contributed by atoms with van der Waals surface area (Å²) in [6, 6.07) is -0.0897. The van der Waals surface area contributed by atoms with Crippen molar-refractivity contribution in [1.29, 1.82) is 0 Å². The molecule has 3 heterocycles. The molecule has 1 unspecified atom stereocenters. The van der Waals surface area contributed by atoms with Crippen LogP contribution >= 0.6 is 0 Å². The fourth-order valence-corrected chi connectivity index (χ4v) is 4.81. The number of anilines is 1.